The molecule has 2 aromatic carbocycles. The molecule has 0 radical (unpaired) electrons. The summed E-state index contributed by atoms with van der Waals surface area (Å²) in [5.74, 6) is 0.913. The van der Waals surface area contributed by atoms with Crippen LogP contribution < -0.4 is 9.47 Å². The Kier molecular flexibility index (Phi) is 5.49. The summed E-state index contributed by atoms with van der Waals surface area (Å²) in [6, 6.07) is 12.3. The van der Waals surface area contributed by atoms with E-state index in [-0.39, 0.29) is 0 Å². The van der Waals surface area contributed by atoms with Gasteiger partial charge in [-0.15, -0.1) is 0 Å². The monoisotopic (exact) mass is 417 g/mol. The van der Waals surface area contributed by atoms with Gasteiger partial charge >= 0.3 is 0 Å². The third-order valence-electron chi connectivity index (χ3n) is 5.06. The minimum Gasteiger partial charge on any atom is -0.494 e. The molecule has 146 valence electrons. The summed E-state index contributed by atoms with van der Waals surface area (Å²) in [5, 5.41) is 8.52. The molecular formula is C21H21Cl2N3O2. The number of nitrogens with one attached hydrogen (secondary N) is 1. The quantitative estimate of drug-likeness (QED) is 0.637. The molecule has 0 saturated carbocycles. The number of nitrogens with zero attached hydrogens (tertiary/aromatic N) is 2. The zero-order valence-electron chi connectivity index (χ0n) is 15.8. The van der Waals surface area contributed by atoms with E-state index in [9.17, 15) is 0 Å². The molecule has 2 heterocycles. The lowest BCUT2D eigenvalue weighted by atomic mass is 9.99. The van der Waals surface area contributed by atoms with Gasteiger partial charge in [-0.25, -0.2) is 0 Å². The van der Waals surface area contributed by atoms with E-state index in [1.165, 1.54) is 12.7 Å². The molecule has 0 atom stereocenters. The van der Waals surface area contributed by atoms with Gasteiger partial charge in [0.25, 0.3) is 0 Å². The molecule has 0 unspecified atom stereocenters. The molecule has 1 N–H and O–H groups in total. The topological polar surface area (TPSA) is 50.4 Å². The van der Waals surface area contributed by atoms with Crippen molar-refractivity contribution >= 4 is 23.2 Å². The Balaban J connectivity index is 1.70. The van der Waals surface area contributed by atoms with Crippen LogP contribution in [-0.4, -0.2) is 35.9 Å². The lowest BCUT2D eigenvalue weighted by molar-refractivity contribution is 0.245. The predicted octanol–water partition coefficient (Wildman–Crippen LogP) is 4.96. The first kappa shape index (κ1) is 19.1. The van der Waals surface area contributed by atoms with Crippen LogP contribution in [0.3, 0.4) is 0 Å². The van der Waals surface area contributed by atoms with E-state index < -0.39 is 0 Å². The summed E-state index contributed by atoms with van der Waals surface area (Å²) >= 11 is 12.9. The van der Waals surface area contributed by atoms with Crippen molar-refractivity contribution in [3.63, 3.8) is 0 Å². The number of rotatable bonds is 5. The van der Waals surface area contributed by atoms with Crippen molar-refractivity contribution in [2.24, 2.45) is 0 Å². The van der Waals surface area contributed by atoms with Crippen molar-refractivity contribution in [3.05, 3.63) is 63.3 Å². The summed E-state index contributed by atoms with van der Waals surface area (Å²) in [6.45, 7) is 2.66. The highest BCUT2D eigenvalue weighted by atomic mass is 35.5. The molecule has 1 aliphatic rings. The maximum Gasteiger partial charge on any atom is 0.159 e. The van der Waals surface area contributed by atoms with Gasteiger partial charge in [-0.2, -0.15) is 5.10 Å². The fourth-order valence-electron chi connectivity index (χ4n) is 3.70. The molecule has 28 heavy (non-hydrogen) atoms. The standard InChI is InChI=1S/C21H21Cl2N3O2/c1-27-20-14(10-16(22)21(28-2)18(20)23)19-15-12-26(9-8-17(15)24-25-19)11-13-6-4-3-5-7-13/h3-7,10H,8-9,11-12H2,1-2H3,(H,24,25). The van der Waals surface area contributed by atoms with Crippen LogP contribution in [0, 0.1) is 0 Å². The first-order valence-corrected chi connectivity index (χ1v) is 9.80. The molecule has 4 rings (SSSR count). The minimum atomic E-state index is 0.348. The third-order valence-corrected chi connectivity index (χ3v) is 5.68. The lowest BCUT2D eigenvalue weighted by Gasteiger charge is -2.27. The summed E-state index contributed by atoms with van der Waals surface area (Å²) < 4.78 is 10.9. The van der Waals surface area contributed by atoms with E-state index in [0.29, 0.717) is 21.5 Å². The number of hydrogen-bond donors (Lipinski definition) is 1. The van der Waals surface area contributed by atoms with E-state index in [0.717, 1.165) is 48.6 Å². The van der Waals surface area contributed by atoms with Gasteiger partial charge in [0.15, 0.2) is 11.5 Å². The van der Waals surface area contributed by atoms with Crippen LogP contribution in [-0.2, 0) is 19.5 Å². The second-order valence-corrected chi connectivity index (χ2v) is 7.55. The third kappa shape index (κ3) is 3.46. The number of hydrogen-bond acceptors (Lipinski definition) is 4. The molecule has 1 aromatic heterocycles. The Bertz CT molecular complexity index is 989. The lowest BCUT2D eigenvalue weighted by Crippen LogP contribution is -2.30. The Labute approximate surface area is 174 Å². The van der Waals surface area contributed by atoms with Gasteiger partial charge in [0.2, 0.25) is 0 Å². The highest BCUT2D eigenvalue weighted by Gasteiger charge is 2.27. The first-order valence-electron chi connectivity index (χ1n) is 9.05. The van der Waals surface area contributed by atoms with Crippen molar-refractivity contribution in [2.45, 2.75) is 19.5 Å². The van der Waals surface area contributed by atoms with E-state index in [4.69, 9.17) is 32.7 Å². The number of benzene rings is 2. The maximum absolute atomic E-state index is 6.47. The number of ether oxygens (including phenoxy) is 2. The molecular weight excluding hydrogens is 397 g/mol. The van der Waals surface area contributed by atoms with Crippen LogP contribution in [0.4, 0.5) is 0 Å². The number of fused-ring (bicyclic) bond motifs is 1. The molecule has 0 fully saturated rings. The largest absolute Gasteiger partial charge is 0.494 e. The van der Waals surface area contributed by atoms with Crippen LogP contribution in [0.2, 0.25) is 10.0 Å². The molecule has 0 aliphatic carbocycles. The zero-order valence-corrected chi connectivity index (χ0v) is 17.3. The van der Waals surface area contributed by atoms with E-state index >= 15 is 0 Å². The van der Waals surface area contributed by atoms with Gasteiger partial charge in [0.1, 0.15) is 10.7 Å². The SMILES string of the molecule is COc1c(Cl)cc(-c2n[nH]c3c2CN(Cc2ccccc2)CC3)c(OC)c1Cl. The van der Waals surface area contributed by atoms with Gasteiger partial charge in [-0.1, -0.05) is 53.5 Å². The van der Waals surface area contributed by atoms with Gasteiger partial charge in [-0.05, 0) is 11.6 Å². The minimum absolute atomic E-state index is 0.348. The van der Waals surface area contributed by atoms with Crippen LogP contribution in [0.25, 0.3) is 11.3 Å². The van der Waals surface area contributed by atoms with Crippen molar-refractivity contribution in [2.75, 3.05) is 20.8 Å². The number of aromatic nitrogens is 2. The molecule has 0 amide bonds. The van der Waals surface area contributed by atoms with Crippen LogP contribution >= 0.6 is 23.2 Å². The van der Waals surface area contributed by atoms with Crippen molar-refractivity contribution < 1.29 is 9.47 Å². The Morgan fingerprint density at radius 2 is 1.86 bits per heavy atom. The smallest absolute Gasteiger partial charge is 0.159 e. The molecule has 5 nitrogen and oxygen atoms in total. The predicted molar refractivity (Wildman–Crippen MR) is 111 cm³/mol. The molecule has 7 heteroatoms. The molecule has 3 aromatic rings. The van der Waals surface area contributed by atoms with Crippen molar-refractivity contribution in [1.82, 2.24) is 15.1 Å². The average Bonchev–Trinajstić information content (AvgIpc) is 3.12. The second kappa shape index (κ2) is 8.03. The summed E-state index contributed by atoms with van der Waals surface area (Å²) in [5.41, 5.74) is 5.17. The van der Waals surface area contributed by atoms with Crippen LogP contribution in [0.1, 0.15) is 16.8 Å². The molecule has 1 aliphatic heterocycles. The number of methoxy groups -OCH3 is 2. The summed E-state index contributed by atoms with van der Waals surface area (Å²) in [7, 11) is 3.11. The summed E-state index contributed by atoms with van der Waals surface area (Å²) in [6.07, 6.45) is 0.912. The van der Waals surface area contributed by atoms with Crippen molar-refractivity contribution in [1.29, 1.82) is 0 Å². The van der Waals surface area contributed by atoms with E-state index in [1.807, 2.05) is 6.07 Å². The Hall–Kier alpha value is -2.21. The van der Waals surface area contributed by atoms with Gasteiger partial charge in [0.05, 0.1) is 19.2 Å². The normalized spacial score (nSPS) is 14.0. The van der Waals surface area contributed by atoms with Gasteiger partial charge in [-0.3, -0.25) is 10.00 Å². The second-order valence-electron chi connectivity index (χ2n) is 6.76. The Morgan fingerprint density at radius 1 is 1.11 bits per heavy atom. The number of H-pyrrole nitrogens is 1. The fraction of sp³-hybridized carbons (Fsp3) is 0.286. The van der Waals surface area contributed by atoms with Crippen LogP contribution in [0.15, 0.2) is 36.4 Å². The average molecular weight is 418 g/mol. The number of aromatic amines is 1. The summed E-state index contributed by atoms with van der Waals surface area (Å²) in [4.78, 5) is 2.41. The molecule has 0 saturated heterocycles. The van der Waals surface area contributed by atoms with Gasteiger partial charge in [0, 0.05) is 42.9 Å². The van der Waals surface area contributed by atoms with Crippen LogP contribution in [0.5, 0.6) is 11.5 Å². The highest BCUT2D eigenvalue weighted by molar-refractivity contribution is 6.38. The van der Waals surface area contributed by atoms with E-state index in [2.05, 4.69) is 39.4 Å². The highest BCUT2D eigenvalue weighted by Crippen LogP contribution is 2.47. The first-order chi connectivity index (χ1) is 13.6. The number of halogens is 2. The zero-order chi connectivity index (χ0) is 19.7. The van der Waals surface area contributed by atoms with Crippen molar-refractivity contribution in [3.8, 4) is 22.8 Å². The maximum atomic E-state index is 6.47. The fourth-order valence-corrected chi connectivity index (χ4v) is 4.38. The molecule has 0 spiro atoms. The Morgan fingerprint density at radius 3 is 2.57 bits per heavy atom. The molecule has 0 bridgehead atoms. The van der Waals surface area contributed by atoms with E-state index in [1.54, 1.807) is 13.2 Å². The van der Waals surface area contributed by atoms with Gasteiger partial charge < -0.3 is 9.47 Å².